The molecule has 0 amide bonds. The zero-order chi connectivity index (χ0) is 23.5. The first-order valence-corrected chi connectivity index (χ1v) is 11.4. The van der Waals surface area contributed by atoms with Gasteiger partial charge < -0.3 is 15.5 Å². The summed E-state index contributed by atoms with van der Waals surface area (Å²) in [5.74, 6) is 0.579. The first-order valence-electron chi connectivity index (χ1n) is 11.4. The van der Waals surface area contributed by atoms with Gasteiger partial charge in [-0.25, -0.2) is 9.97 Å². The van der Waals surface area contributed by atoms with Gasteiger partial charge in [-0.15, -0.1) is 0 Å². The average molecular weight is 455 g/mol. The Morgan fingerprint density at radius 2 is 1.82 bits per heavy atom. The molecular weight excluding hydrogens is 428 g/mol. The Kier molecular flexibility index (Phi) is 5.95. The zero-order valence-corrected chi connectivity index (χ0v) is 19.0. The van der Waals surface area contributed by atoms with E-state index in [-0.39, 0.29) is 10.6 Å². The maximum absolute atomic E-state index is 11.6. The lowest BCUT2D eigenvalue weighted by Crippen LogP contribution is -2.31. The number of rotatable bonds is 7. The molecular formula is C26H26N6O2. The maximum Gasteiger partial charge on any atom is 0.293 e. The van der Waals surface area contributed by atoms with E-state index in [1.54, 1.807) is 12.1 Å². The Labute approximate surface area is 197 Å². The minimum absolute atomic E-state index is 0.0135. The highest BCUT2D eigenvalue weighted by atomic mass is 16.6. The SMILES string of the molecule is CCNc1cc2ncnc(NCc3ccccc3N3CCc4ccccc4C3)c2cc1[N+](=O)[O-]. The molecule has 1 aliphatic heterocycles. The van der Waals surface area contributed by atoms with Crippen molar-refractivity contribution < 1.29 is 4.92 Å². The third kappa shape index (κ3) is 4.22. The van der Waals surface area contributed by atoms with Gasteiger partial charge >= 0.3 is 0 Å². The van der Waals surface area contributed by atoms with Gasteiger partial charge in [0, 0.05) is 43.3 Å². The summed E-state index contributed by atoms with van der Waals surface area (Å²) in [4.78, 5) is 22.4. The van der Waals surface area contributed by atoms with Crippen molar-refractivity contribution in [3.8, 4) is 0 Å². The summed E-state index contributed by atoms with van der Waals surface area (Å²) >= 11 is 0. The number of nitrogens with zero attached hydrogens (tertiary/aromatic N) is 4. The van der Waals surface area contributed by atoms with Gasteiger partial charge in [-0.3, -0.25) is 10.1 Å². The second-order valence-corrected chi connectivity index (χ2v) is 8.32. The van der Waals surface area contributed by atoms with Crippen LogP contribution in [0, 0.1) is 10.1 Å². The lowest BCUT2D eigenvalue weighted by atomic mass is 9.98. The number of anilines is 3. The molecule has 34 heavy (non-hydrogen) atoms. The zero-order valence-electron chi connectivity index (χ0n) is 19.0. The molecule has 2 heterocycles. The first kappa shape index (κ1) is 21.6. The van der Waals surface area contributed by atoms with Crippen molar-refractivity contribution in [2.45, 2.75) is 26.4 Å². The van der Waals surface area contributed by atoms with E-state index in [9.17, 15) is 10.1 Å². The van der Waals surface area contributed by atoms with Crippen LogP contribution in [0.4, 0.5) is 22.9 Å². The fourth-order valence-electron chi connectivity index (χ4n) is 4.56. The second kappa shape index (κ2) is 9.35. The Morgan fingerprint density at radius 1 is 1.03 bits per heavy atom. The Bertz CT molecular complexity index is 1360. The molecule has 1 aromatic heterocycles. The van der Waals surface area contributed by atoms with E-state index in [0.717, 1.165) is 25.1 Å². The van der Waals surface area contributed by atoms with E-state index in [0.29, 0.717) is 35.5 Å². The van der Waals surface area contributed by atoms with Crippen molar-refractivity contribution in [1.29, 1.82) is 0 Å². The monoisotopic (exact) mass is 454 g/mol. The average Bonchev–Trinajstić information content (AvgIpc) is 2.87. The molecule has 0 fully saturated rings. The van der Waals surface area contributed by atoms with Crippen molar-refractivity contribution >= 4 is 33.8 Å². The van der Waals surface area contributed by atoms with Gasteiger partial charge in [0.15, 0.2) is 0 Å². The molecule has 4 aromatic rings. The van der Waals surface area contributed by atoms with E-state index < -0.39 is 0 Å². The van der Waals surface area contributed by atoms with Crippen molar-refractivity contribution in [3.05, 3.63) is 93.8 Å². The topological polar surface area (TPSA) is 96.2 Å². The predicted octanol–water partition coefficient (Wildman–Crippen LogP) is 5.14. The predicted molar refractivity (Wildman–Crippen MR) is 135 cm³/mol. The molecule has 8 nitrogen and oxygen atoms in total. The highest BCUT2D eigenvalue weighted by molar-refractivity contribution is 5.94. The first-order chi connectivity index (χ1) is 16.6. The summed E-state index contributed by atoms with van der Waals surface area (Å²) in [5, 5.41) is 18.7. The molecule has 8 heteroatoms. The molecule has 5 rings (SSSR count). The normalized spacial score (nSPS) is 12.9. The van der Waals surface area contributed by atoms with Crippen molar-refractivity contribution in [3.63, 3.8) is 0 Å². The van der Waals surface area contributed by atoms with Crippen LogP contribution in [-0.2, 0) is 19.5 Å². The lowest BCUT2D eigenvalue weighted by Gasteiger charge is -2.32. The van der Waals surface area contributed by atoms with E-state index in [4.69, 9.17) is 0 Å². The van der Waals surface area contributed by atoms with Gasteiger partial charge in [0.1, 0.15) is 17.8 Å². The van der Waals surface area contributed by atoms with Gasteiger partial charge in [-0.1, -0.05) is 42.5 Å². The van der Waals surface area contributed by atoms with Gasteiger partial charge in [-0.2, -0.15) is 0 Å². The highest BCUT2D eigenvalue weighted by Crippen LogP contribution is 2.33. The minimum Gasteiger partial charge on any atom is -0.380 e. The standard InChI is InChI=1S/C26H26N6O2/c1-2-27-23-14-22-21(13-25(23)32(33)34)26(30-17-29-22)28-15-19-8-5-6-10-24(19)31-12-11-18-7-3-4-9-20(18)16-31/h3-10,13-14,17,27H,2,11-12,15-16H2,1H3,(H,28,29,30). The van der Waals surface area contributed by atoms with Crippen LogP contribution >= 0.6 is 0 Å². The van der Waals surface area contributed by atoms with Crippen molar-refractivity contribution in [2.24, 2.45) is 0 Å². The molecule has 0 bridgehead atoms. The molecule has 2 N–H and O–H groups in total. The Balaban J connectivity index is 1.42. The van der Waals surface area contributed by atoms with E-state index in [2.05, 4.69) is 68.0 Å². The fraction of sp³-hybridized carbons (Fsp3) is 0.231. The smallest absolute Gasteiger partial charge is 0.293 e. The minimum atomic E-state index is -0.377. The third-order valence-electron chi connectivity index (χ3n) is 6.23. The van der Waals surface area contributed by atoms with Gasteiger partial charge in [0.25, 0.3) is 5.69 Å². The number of nitrogens with one attached hydrogen (secondary N) is 2. The summed E-state index contributed by atoms with van der Waals surface area (Å²) in [6.07, 6.45) is 2.51. The van der Waals surface area contributed by atoms with E-state index in [1.165, 1.54) is 23.1 Å². The van der Waals surface area contributed by atoms with Gasteiger partial charge in [-0.05, 0) is 42.2 Å². The van der Waals surface area contributed by atoms with E-state index >= 15 is 0 Å². The molecule has 0 saturated carbocycles. The largest absolute Gasteiger partial charge is 0.380 e. The molecule has 0 unspecified atom stereocenters. The van der Waals surface area contributed by atoms with Crippen LogP contribution in [0.25, 0.3) is 10.9 Å². The number of para-hydroxylation sites is 1. The molecule has 1 aliphatic rings. The Morgan fingerprint density at radius 3 is 2.65 bits per heavy atom. The maximum atomic E-state index is 11.6. The van der Waals surface area contributed by atoms with Crippen LogP contribution in [0.3, 0.4) is 0 Å². The van der Waals surface area contributed by atoms with Gasteiger partial charge in [0.05, 0.1) is 10.4 Å². The highest BCUT2D eigenvalue weighted by Gasteiger charge is 2.20. The van der Waals surface area contributed by atoms with E-state index in [1.807, 2.05) is 13.0 Å². The number of nitro groups is 1. The molecule has 0 atom stereocenters. The lowest BCUT2D eigenvalue weighted by molar-refractivity contribution is -0.383. The number of fused-ring (bicyclic) bond motifs is 2. The molecule has 0 aliphatic carbocycles. The van der Waals surface area contributed by atoms with Crippen molar-refractivity contribution in [2.75, 3.05) is 28.6 Å². The van der Waals surface area contributed by atoms with Crippen LogP contribution in [-0.4, -0.2) is 28.0 Å². The summed E-state index contributed by atoms with van der Waals surface area (Å²) < 4.78 is 0. The third-order valence-corrected chi connectivity index (χ3v) is 6.23. The molecule has 0 spiro atoms. The number of hydrogen-bond donors (Lipinski definition) is 2. The summed E-state index contributed by atoms with van der Waals surface area (Å²) in [6, 6.07) is 20.2. The van der Waals surface area contributed by atoms with Crippen LogP contribution in [0.1, 0.15) is 23.6 Å². The van der Waals surface area contributed by atoms with Gasteiger partial charge in [0.2, 0.25) is 0 Å². The molecule has 172 valence electrons. The summed E-state index contributed by atoms with van der Waals surface area (Å²) in [7, 11) is 0. The fourth-order valence-corrected chi connectivity index (χ4v) is 4.56. The van der Waals surface area contributed by atoms with Crippen LogP contribution in [0.5, 0.6) is 0 Å². The molecule has 0 saturated heterocycles. The second-order valence-electron chi connectivity index (χ2n) is 8.32. The van der Waals surface area contributed by atoms with Crippen molar-refractivity contribution in [1.82, 2.24) is 9.97 Å². The molecule has 3 aromatic carbocycles. The summed E-state index contributed by atoms with van der Waals surface area (Å²) in [6.45, 7) is 4.87. The molecule has 0 radical (unpaired) electrons. The number of benzene rings is 3. The quantitative estimate of drug-likeness (QED) is 0.295. The number of nitro benzene ring substituents is 1. The number of aromatic nitrogens is 2. The van der Waals surface area contributed by atoms with Crippen LogP contribution in [0.2, 0.25) is 0 Å². The Hall–Kier alpha value is -4.20. The summed E-state index contributed by atoms with van der Waals surface area (Å²) in [5.41, 5.74) is 6.23. The van der Waals surface area contributed by atoms with Crippen LogP contribution < -0.4 is 15.5 Å². The van der Waals surface area contributed by atoms with Crippen LogP contribution in [0.15, 0.2) is 67.0 Å². The number of hydrogen-bond acceptors (Lipinski definition) is 7.